The normalized spacial score (nSPS) is 15.3. The molecule has 0 saturated carbocycles. The Kier molecular flexibility index (Phi) is 3.86. The Morgan fingerprint density at radius 3 is 2.40 bits per heavy atom. The van der Waals surface area contributed by atoms with Gasteiger partial charge in [0.15, 0.2) is 0 Å². The molecule has 1 unspecified atom stereocenters. The molecule has 1 aromatic rings. The van der Waals surface area contributed by atoms with Gasteiger partial charge in [0.25, 0.3) is 0 Å². The van der Waals surface area contributed by atoms with Crippen LogP contribution < -0.4 is 0 Å². The lowest BCUT2D eigenvalue weighted by Gasteiger charge is -2.32. The van der Waals surface area contributed by atoms with Gasteiger partial charge in [0.1, 0.15) is 5.82 Å². The van der Waals surface area contributed by atoms with Crippen LogP contribution in [0, 0.1) is 11.7 Å². The minimum atomic E-state index is -0.939. The molecule has 1 N–H and O–H groups in total. The van der Waals surface area contributed by atoms with Crippen LogP contribution in [0.15, 0.2) is 24.3 Å². The molecule has 0 amide bonds. The molecule has 0 aliphatic heterocycles. The van der Waals surface area contributed by atoms with Crippen molar-refractivity contribution in [3.8, 4) is 0 Å². The fourth-order valence-electron chi connectivity index (χ4n) is 2.12. The Balaban J connectivity index is 3.03. The summed E-state index contributed by atoms with van der Waals surface area (Å²) >= 11 is 0. The van der Waals surface area contributed by atoms with E-state index in [0.717, 1.165) is 12.8 Å². The highest BCUT2D eigenvalue weighted by molar-refractivity contribution is 5.23. The number of aliphatic hydroxyl groups is 1. The Morgan fingerprint density at radius 2 is 1.93 bits per heavy atom. The fraction of sp³-hybridized carbons (Fsp3) is 0.538. The average Bonchev–Trinajstić information content (AvgIpc) is 2.19. The van der Waals surface area contributed by atoms with E-state index in [1.54, 1.807) is 19.1 Å². The van der Waals surface area contributed by atoms with Crippen molar-refractivity contribution in [2.75, 3.05) is 0 Å². The van der Waals surface area contributed by atoms with Crippen LogP contribution in [-0.4, -0.2) is 5.11 Å². The molecule has 0 heterocycles. The van der Waals surface area contributed by atoms with Crippen LogP contribution >= 0.6 is 0 Å². The van der Waals surface area contributed by atoms with E-state index in [-0.39, 0.29) is 11.7 Å². The highest BCUT2D eigenvalue weighted by Gasteiger charge is 2.31. The SMILES string of the molecule is CCC(CC)C(C)(O)c1cccc(F)c1. The maximum atomic E-state index is 13.1. The zero-order valence-corrected chi connectivity index (χ0v) is 9.63. The third-order valence-electron chi connectivity index (χ3n) is 3.19. The number of hydrogen-bond acceptors (Lipinski definition) is 1. The van der Waals surface area contributed by atoms with Gasteiger partial charge in [-0.2, -0.15) is 0 Å². The smallest absolute Gasteiger partial charge is 0.123 e. The summed E-state index contributed by atoms with van der Waals surface area (Å²) in [5.74, 6) is -0.127. The van der Waals surface area contributed by atoms with Crippen LogP contribution in [0.5, 0.6) is 0 Å². The zero-order valence-electron chi connectivity index (χ0n) is 9.63. The number of hydrogen-bond donors (Lipinski definition) is 1. The van der Waals surface area contributed by atoms with Gasteiger partial charge < -0.3 is 5.11 Å². The first-order valence-corrected chi connectivity index (χ1v) is 5.50. The molecular formula is C13H19FO. The van der Waals surface area contributed by atoms with Crippen LogP contribution in [0.2, 0.25) is 0 Å². The summed E-state index contributed by atoms with van der Waals surface area (Å²) < 4.78 is 13.1. The summed E-state index contributed by atoms with van der Waals surface area (Å²) in [5.41, 5.74) is -0.276. The van der Waals surface area contributed by atoms with E-state index in [0.29, 0.717) is 5.56 Å². The monoisotopic (exact) mass is 210 g/mol. The summed E-state index contributed by atoms with van der Waals surface area (Å²) in [6.45, 7) is 5.85. The largest absolute Gasteiger partial charge is 0.385 e. The molecule has 1 nitrogen and oxygen atoms in total. The van der Waals surface area contributed by atoms with Gasteiger partial charge in [-0.05, 0) is 30.5 Å². The molecule has 1 atom stereocenters. The topological polar surface area (TPSA) is 20.2 Å². The summed E-state index contributed by atoms with van der Waals surface area (Å²) in [6, 6.07) is 6.23. The molecule has 0 aliphatic carbocycles. The molecule has 1 aromatic carbocycles. The van der Waals surface area contributed by atoms with Gasteiger partial charge in [0.2, 0.25) is 0 Å². The number of halogens is 1. The van der Waals surface area contributed by atoms with E-state index in [1.165, 1.54) is 12.1 Å². The molecule has 0 aromatic heterocycles. The van der Waals surface area contributed by atoms with Crippen molar-refractivity contribution >= 4 is 0 Å². The first-order chi connectivity index (χ1) is 7.02. The molecule has 84 valence electrons. The Hall–Kier alpha value is -0.890. The van der Waals surface area contributed by atoms with Gasteiger partial charge in [0.05, 0.1) is 5.60 Å². The van der Waals surface area contributed by atoms with Gasteiger partial charge in [-0.1, -0.05) is 38.8 Å². The Morgan fingerprint density at radius 1 is 1.33 bits per heavy atom. The van der Waals surface area contributed by atoms with E-state index in [9.17, 15) is 9.50 Å². The van der Waals surface area contributed by atoms with E-state index < -0.39 is 5.60 Å². The van der Waals surface area contributed by atoms with E-state index in [2.05, 4.69) is 0 Å². The molecule has 0 saturated heterocycles. The molecule has 0 radical (unpaired) electrons. The minimum Gasteiger partial charge on any atom is -0.385 e. The third-order valence-corrected chi connectivity index (χ3v) is 3.19. The predicted molar refractivity (Wildman–Crippen MR) is 60.0 cm³/mol. The maximum absolute atomic E-state index is 13.1. The van der Waals surface area contributed by atoms with E-state index >= 15 is 0 Å². The first kappa shape index (κ1) is 12.2. The van der Waals surface area contributed by atoms with Crippen molar-refractivity contribution in [2.24, 2.45) is 5.92 Å². The quantitative estimate of drug-likeness (QED) is 0.806. The lowest BCUT2D eigenvalue weighted by atomic mass is 9.80. The Bertz CT molecular complexity index is 316. The molecule has 15 heavy (non-hydrogen) atoms. The van der Waals surface area contributed by atoms with Crippen molar-refractivity contribution in [3.05, 3.63) is 35.6 Å². The summed E-state index contributed by atoms with van der Waals surface area (Å²) in [7, 11) is 0. The van der Waals surface area contributed by atoms with Crippen LogP contribution in [0.4, 0.5) is 4.39 Å². The van der Waals surface area contributed by atoms with Crippen LogP contribution in [0.25, 0.3) is 0 Å². The van der Waals surface area contributed by atoms with Gasteiger partial charge in [-0.15, -0.1) is 0 Å². The van der Waals surface area contributed by atoms with Crippen molar-refractivity contribution in [2.45, 2.75) is 39.2 Å². The van der Waals surface area contributed by atoms with Gasteiger partial charge >= 0.3 is 0 Å². The van der Waals surface area contributed by atoms with Crippen molar-refractivity contribution in [1.82, 2.24) is 0 Å². The van der Waals surface area contributed by atoms with Gasteiger partial charge in [0, 0.05) is 0 Å². The lowest BCUT2D eigenvalue weighted by Crippen LogP contribution is -2.31. The summed E-state index contributed by atoms with van der Waals surface area (Å²) in [4.78, 5) is 0. The molecule has 2 heteroatoms. The van der Waals surface area contributed by atoms with Crippen molar-refractivity contribution in [1.29, 1.82) is 0 Å². The molecule has 0 spiro atoms. The second kappa shape index (κ2) is 4.75. The van der Waals surface area contributed by atoms with E-state index in [1.807, 2.05) is 13.8 Å². The van der Waals surface area contributed by atoms with Gasteiger partial charge in [-0.3, -0.25) is 0 Å². The second-order valence-electron chi connectivity index (χ2n) is 4.17. The maximum Gasteiger partial charge on any atom is 0.123 e. The summed E-state index contributed by atoms with van der Waals surface area (Å²) in [5, 5.41) is 10.4. The number of rotatable bonds is 4. The highest BCUT2D eigenvalue weighted by atomic mass is 19.1. The van der Waals surface area contributed by atoms with Crippen LogP contribution in [-0.2, 0) is 5.60 Å². The lowest BCUT2D eigenvalue weighted by molar-refractivity contribution is -0.00974. The standard InChI is InChI=1S/C13H19FO/c1-4-10(5-2)13(3,15)11-7-6-8-12(14)9-11/h6-10,15H,4-5H2,1-3H3. The number of benzene rings is 1. The molecule has 0 bridgehead atoms. The second-order valence-corrected chi connectivity index (χ2v) is 4.17. The molecule has 0 aliphatic rings. The van der Waals surface area contributed by atoms with Gasteiger partial charge in [-0.25, -0.2) is 4.39 Å². The third kappa shape index (κ3) is 2.57. The van der Waals surface area contributed by atoms with Crippen LogP contribution in [0.3, 0.4) is 0 Å². The van der Waals surface area contributed by atoms with Crippen LogP contribution in [0.1, 0.15) is 39.2 Å². The Labute approximate surface area is 90.9 Å². The van der Waals surface area contributed by atoms with Crippen molar-refractivity contribution in [3.63, 3.8) is 0 Å². The minimum absolute atomic E-state index is 0.166. The fourth-order valence-corrected chi connectivity index (χ4v) is 2.12. The zero-order chi connectivity index (χ0) is 11.5. The summed E-state index contributed by atoms with van der Waals surface area (Å²) in [6.07, 6.45) is 1.78. The predicted octanol–water partition coefficient (Wildman–Crippen LogP) is 3.47. The molecule has 1 rings (SSSR count). The molecular weight excluding hydrogens is 191 g/mol. The van der Waals surface area contributed by atoms with E-state index in [4.69, 9.17) is 0 Å². The highest BCUT2D eigenvalue weighted by Crippen LogP contribution is 2.33. The van der Waals surface area contributed by atoms with Crippen molar-refractivity contribution < 1.29 is 9.50 Å². The average molecular weight is 210 g/mol. The molecule has 0 fully saturated rings. The first-order valence-electron chi connectivity index (χ1n) is 5.50.